The number of anilines is 1. The Labute approximate surface area is 104 Å². The van der Waals surface area contributed by atoms with E-state index in [4.69, 9.17) is 9.47 Å². The standard InChI is InChI=1S/C13H12N2O3/c1-17-12-9-5-8-11(14-12)15-13(16)18-10-6-3-2-4-7-10/h2-9H,1H3,(H,14,15,16). The van der Waals surface area contributed by atoms with Crippen molar-refractivity contribution in [3.8, 4) is 11.6 Å². The number of hydrogen-bond donors (Lipinski definition) is 1. The van der Waals surface area contributed by atoms with Gasteiger partial charge in [-0.25, -0.2) is 4.79 Å². The van der Waals surface area contributed by atoms with Crippen LogP contribution in [0.1, 0.15) is 0 Å². The molecule has 0 saturated carbocycles. The van der Waals surface area contributed by atoms with E-state index in [-0.39, 0.29) is 0 Å². The monoisotopic (exact) mass is 244 g/mol. The fourth-order valence-electron chi connectivity index (χ4n) is 1.32. The first-order valence-corrected chi connectivity index (χ1v) is 5.33. The van der Waals surface area contributed by atoms with Gasteiger partial charge in [0.25, 0.3) is 0 Å². The highest BCUT2D eigenvalue weighted by Gasteiger charge is 2.06. The molecule has 0 atom stereocenters. The second-order valence-electron chi connectivity index (χ2n) is 3.39. The van der Waals surface area contributed by atoms with Crippen molar-refractivity contribution in [2.24, 2.45) is 0 Å². The van der Waals surface area contributed by atoms with E-state index in [1.807, 2.05) is 6.07 Å². The summed E-state index contributed by atoms with van der Waals surface area (Å²) in [6.07, 6.45) is -0.595. The molecule has 1 amide bonds. The summed E-state index contributed by atoms with van der Waals surface area (Å²) in [4.78, 5) is 15.6. The minimum atomic E-state index is -0.595. The zero-order valence-electron chi connectivity index (χ0n) is 9.79. The van der Waals surface area contributed by atoms with E-state index in [2.05, 4.69) is 10.3 Å². The molecule has 1 heterocycles. The number of hydrogen-bond acceptors (Lipinski definition) is 4. The molecule has 0 unspecified atom stereocenters. The van der Waals surface area contributed by atoms with Gasteiger partial charge in [0.2, 0.25) is 5.88 Å². The number of rotatable bonds is 3. The summed E-state index contributed by atoms with van der Waals surface area (Å²) in [5.74, 6) is 1.26. The molecular weight excluding hydrogens is 232 g/mol. The van der Waals surface area contributed by atoms with Crippen LogP contribution in [0.5, 0.6) is 11.6 Å². The summed E-state index contributed by atoms with van der Waals surface area (Å²) >= 11 is 0. The summed E-state index contributed by atoms with van der Waals surface area (Å²) in [7, 11) is 1.51. The van der Waals surface area contributed by atoms with Gasteiger partial charge in [-0.2, -0.15) is 4.98 Å². The Hall–Kier alpha value is -2.56. The number of carbonyl (C=O) groups excluding carboxylic acids is 1. The molecule has 0 radical (unpaired) electrons. The summed E-state index contributed by atoms with van der Waals surface area (Å²) in [6, 6.07) is 13.9. The second-order valence-corrected chi connectivity index (χ2v) is 3.39. The molecule has 0 fully saturated rings. The van der Waals surface area contributed by atoms with Crippen LogP contribution in [0.25, 0.3) is 0 Å². The van der Waals surface area contributed by atoms with Crippen LogP contribution in [0.3, 0.4) is 0 Å². The molecule has 1 N–H and O–H groups in total. The number of nitrogens with zero attached hydrogens (tertiary/aromatic N) is 1. The van der Waals surface area contributed by atoms with E-state index in [9.17, 15) is 4.79 Å². The smallest absolute Gasteiger partial charge is 0.418 e. The van der Waals surface area contributed by atoms with Gasteiger partial charge in [-0.05, 0) is 18.2 Å². The molecule has 5 heteroatoms. The molecule has 18 heavy (non-hydrogen) atoms. The molecule has 0 spiro atoms. The first kappa shape index (κ1) is 11.9. The maximum absolute atomic E-state index is 11.6. The maximum atomic E-state index is 11.6. The van der Waals surface area contributed by atoms with Gasteiger partial charge in [0.15, 0.2) is 0 Å². The largest absolute Gasteiger partial charge is 0.481 e. The Morgan fingerprint density at radius 3 is 2.61 bits per heavy atom. The van der Waals surface area contributed by atoms with Crippen LogP contribution in [-0.4, -0.2) is 18.2 Å². The molecule has 0 saturated heterocycles. The lowest BCUT2D eigenvalue weighted by molar-refractivity contribution is 0.215. The number of amides is 1. The highest BCUT2D eigenvalue weighted by atomic mass is 16.6. The van der Waals surface area contributed by atoms with Gasteiger partial charge in [-0.1, -0.05) is 24.3 Å². The van der Waals surface area contributed by atoms with E-state index in [0.717, 1.165) is 0 Å². The van der Waals surface area contributed by atoms with Crippen molar-refractivity contribution < 1.29 is 14.3 Å². The lowest BCUT2D eigenvalue weighted by Crippen LogP contribution is -2.17. The first-order valence-electron chi connectivity index (χ1n) is 5.33. The third-order valence-electron chi connectivity index (χ3n) is 2.12. The van der Waals surface area contributed by atoms with E-state index < -0.39 is 6.09 Å². The molecule has 0 bridgehead atoms. The maximum Gasteiger partial charge on any atom is 0.418 e. The van der Waals surface area contributed by atoms with Crippen molar-refractivity contribution in [1.29, 1.82) is 0 Å². The van der Waals surface area contributed by atoms with Gasteiger partial charge in [-0.3, -0.25) is 5.32 Å². The van der Waals surface area contributed by atoms with Gasteiger partial charge in [-0.15, -0.1) is 0 Å². The van der Waals surface area contributed by atoms with E-state index in [1.54, 1.807) is 42.5 Å². The van der Waals surface area contributed by atoms with Crippen LogP contribution in [-0.2, 0) is 0 Å². The van der Waals surface area contributed by atoms with Crippen LogP contribution in [0.2, 0.25) is 0 Å². The topological polar surface area (TPSA) is 60.5 Å². The van der Waals surface area contributed by atoms with E-state index >= 15 is 0 Å². The first-order chi connectivity index (χ1) is 8.78. The van der Waals surface area contributed by atoms with Crippen molar-refractivity contribution >= 4 is 11.9 Å². The molecule has 1 aromatic carbocycles. The Morgan fingerprint density at radius 2 is 1.89 bits per heavy atom. The molecule has 5 nitrogen and oxygen atoms in total. The molecule has 1 aromatic heterocycles. The van der Waals surface area contributed by atoms with Crippen LogP contribution in [0.15, 0.2) is 48.5 Å². The number of para-hydroxylation sites is 1. The number of benzene rings is 1. The van der Waals surface area contributed by atoms with Crippen molar-refractivity contribution in [1.82, 2.24) is 4.98 Å². The van der Waals surface area contributed by atoms with E-state index in [0.29, 0.717) is 17.4 Å². The van der Waals surface area contributed by atoms with Crippen molar-refractivity contribution in [2.75, 3.05) is 12.4 Å². The molecule has 92 valence electrons. The van der Waals surface area contributed by atoms with Gasteiger partial charge < -0.3 is 9.47 Å². The molecule has 0 aliphatic rings. The summed E-state index contributed by atoms with van der Waals surface area (Å²) in [5.41, 5.74) is 0. The molecule has 0 aliphatic heterocycles. The number of ether oxygens (including phenoxy) is 2. The number of pyridine rings is 1. The average molecular weight is 244 g/mol. The number of carbonyl (C=O) groups is 1. The fraction of sp³-hybridized carbons (Fsp3) is 0.0769. The Balaban J connectivity index is 1.99. The minimum Gasteiger partial charge on any atom is -0.481 e. The van der Waals surface area contributed by atoms with Crippen molar-refractivity contribution in [2.45, 2.75) is 0 Å². The predicted octanol–water partition coefficient (Wildman–Crippen LogP) is 2.70. The van der Waals surface area contributed by atoms with Gasteiger partial charge >= 0.3 is 6.09 Å². The van der Waals surface area contributed by atoms with Gasteiger partial charge in [0.05, 0.1) is 7.11 Å². The van der Waals surface area contributed by atoms with Crippen molar-refractivity contribution in [3.63, 3.8) is 0 Å². The fourth-order valence-corrected chi connectivity index (χ4v) is 1.32. The summed E-state index contributed by atoms with van der Waals surface area (Å²) in [6.45, 7) is 0. The number of methoxy groups -OCH3 is 1. The lowest BCUT2D eigenvalue weighted by Gasteiger charge is -2.06. The third kappa shape index (κ3) is 3.21. The third-order valence-corrected chi connectivity index (χ3v) is 2.12. The Morgan fingerprint density at radius 1 is 1.11 bits per heavy atom. The van der Waals surface area contributed by atoms with Crippen LogP contribution >= 0.6 is 0 Å². The van der Waals surface area contributed by atoms with E-state index in [1.165, 1.54) is 7.11 Å². The number of aromatic nitrogens is 1. The van der Waals surface area contributed by atoms with Crippen LogP contribution in [0, 0.1) is 0 Å². The quantitative estimate of drug-likeness (QED) is 0.901. The zero-order chi connectivity index (χ0) is 12.8. The highest BCUT2D eigenvalue weighted by Crippen LogP contribution is 2.12. The zero-order valence-corrected chi connectivity index (χ0v) is 9.79. The molecular formula is C13H12N2O3. The Bertz CT molecular complexity index is 529. The number of nitrogens with one attached hydrogen (secondary N) is 1. The van der Waals surface area contributed by atoms with Crippen LogP contribution < -0.4 is 14.8 Å². The lowest BCUT2D eigenvalue weighted by atomic mass is 10.3. The minimum absolute atomic E-state index is 0.371. The summed E-state index contributed by atoms with van der Waals surface area (Å²) in [5, 5.41) is 2.51. The highest BCUT2D eigenvalue weighted by molar-refractivity contribution is 5.85. The Kier molecular flexibility index (Phi) is 3.76. The SMILES string of the molecule is COc1cccc(NC(=O)Oc2ccccc2)n1. The molecule has 2 rings (SSSR count). The molecule has 2 aromatic rings. The normalized spacial score (nSPS) is 9.61. The van der Waals surface area contributed by atoms with Gasteiger partial charge in [0.1, 0.15) is 11.6 Å². The second kappa shape index (κ2) is 5.67. The van der Waals surface area contributed by atoms with Crippen LogP contribution in [0.4, 0.5) is 10.6 Å². The predicted molar refractivity (Wildman–Crippen MR) is 66.9 cm³/mol. The molecule has 0 aliphatic carbocycles. The van der Waals surface area contributed by atoms with Gasteiger partial charge in [0, 0.05) is 6.07 Å². The van der Waals surface area contributed by atoms with Crippen molar-refractivity contribution in [3.05, 3.63) is 48.5 Å². The average Bonchev–Trinajstić information content (AvgIpc) is 2.40. The summed E-state index contributed by atoms with van der Waals surface area (Å²) < 4.78 is 10.0.